The molecule has 1 aromatic carbocycles. The lowest BCUT2D eigenvalue weighted by atomic mass is 9.83. The summed E-state index contributed by atoms with van der Waals surface area (Å²) in [5.41, 5.74) is 10.5. The third-order valence-corrected chi connectivity index (χ3v) is 3.94. The first-order valence-corrected chi connectivity index (χ1v) is 7.33. The van der Waals surface area contributed by atoms with Crippen molar-refractivity contribution in [2.24, 2.45) is 11.1 Å². The summed E-state index contributed by atoms with van der Waals surface area (Å²) >= 11 is 0. The highest BCUT2D eigenvalue weighted by atomic mass is 14.5. The highest BCUT2D eigenvalue weighted by Gasteiger charge is 2.16. The molecule has 1 heteroatoms. The number of hydrogen-bond donors (Lipinski definition) is 1. The van der Waals surface area contributed by atoms with Gasteiger partial charge in [-0.3, -0.25) is 0 Å². The molecular weight excluding hydrogens is 218 g/mol. The van der Waals surface area contributed by atoms with Gasteiger partial charge in [-0.15, -0.1) is 0 Å². The fourth-order valence-electron chi connectivity index (χ4n) is 2.51. The lowest BCUT2D eigenvalue weighted by molar-refractivity contribution is 0.313. The van der Waals surface area contributed by atoms with Crippen LogP contribution in [0.3, 0.4) is 0 Å². The highest BCUT2D eigenvalue weighted by molar-refractivity contribution is 5.32. The van der Waals surface area contributed by atoms with Gasteiger partial charge in [-0.2, -0.15) is 0 Å². The van der Waals surface area contributed by atoms with Gasteiger partial charge < -0.3 is 5.73 Å². The van der Waals surface area contributed by atoms with E-state index >= 15 is 0 Å². The number of aryl methyl sites for hydroxylation is 3. The second-order valence-electron chi connectivity index (χ2n) is 6.01. The van der Waals surface area contributed by atoms with Crippen LogP contribution in [-0.2, 0) is 19.3 Å². The molecule has 102 valence electrons. The Hall–Kier alpha value is -0.820. The molecule has 0 fully saturated rings. The molecular formula is C17H29N. The average molecular weight is 247 g/mol. The molecule has 0 spiro atoms. The summed E-state index contributed by atoms with van der Waals surface area (Å²) in [4.78, 5) is 0. The van der Waals surface area contributed by atoms with Crippen LogP contribution in [0.1, 0.15) is 57.2 Å². The van der Waals surface area contributed by atoms with E-state index in [0.717, 1.165) is 25.8 Å². The highest BCUT2D eigenvalue weighted by Crippen LogP contribution is 2.27. The molecule has 0 aromatic heterocycles. The van der Waals surface area contributed by atoms with Gasteiger partial charge in [0.05, 0.1) is 0 Å². The van der Waals surface area contributed by atoms with Crippen LogP contribution >= 0.6 is 0 Å². The van der Waals surface area contributed by atoms with E-state index in [1.54, 1.807) is 0 Å². The first-order chi connectivity index (χ1) is 8.52. The van der Waals surface area contributed by atoms with E-state index in [1.807, 2.05) is 0 Å². The van der Waals surface area contributed by atoms with Gasteiger partial charge in [0.15, 0.2) is 0 Å². The molecule has 0 atom stereocenters. The van der Waals surface area contributed by atoms with Gasteiger partial charge in [0, 0.05) is 0 Å². The Morgan fingerprint density at radius 2 is 1.67 bits per heavy atom. The molecule has 1 aromatic rings. The maximum atomic E-state index is 5.67. The number of hydrogen-bond acceptors (Lipinski definition) is 1. The second-order valence-corrected chi connectivity index (χ2v) is 6.01. The van der Waals surface area contributed by atoms with Crippen molar-refractivity contribution in [3.05, 3.63) is 34.9 Å². The van der Waals surface area contributed by atoms with E-state index in [0.29, 0.717) is 5.41 Å². The van der Waals surface area contributed by atoms with Gasteiger partial charge in [-0.1, -0.05) is 45.9 Å². The SMILES string of the molecule is CCc1ccc(CCC(C)(C)CCN)cc1CC. The van der Waals surface area contributed by atoms with Crippen LogP contribution in [0.15, 0.2) is 18.2 Å². The fourth-order valence-corrected chi connectivity index (χ4v) is 2.51. The molecule has 18 heavy (non-hydrogen) atoms. The van der Waals surface area contributed by atoms with Crippen LogP contribution < -0.4 is 5.73 Å². The first kappa shape index (κ1) is 15.2. The van der Waals surface area contributed by atoms with Gasteiger partial charge >= 0.3 is 0 Å². The van der Waals surface area contributed by atoms with Crippen molar-refractivity contribution in [3.8, 4) is 0 Å². The molecule has 0 saturated heterocycles. The van der Waals surface area contributed by atoms with E-state index in [2.05, 4.69) is 45.9 Å². The van der Waals surface area contributed by atoms with Crippen LogP contribution in [0.4, 0.5) is 0 Å². The molecule has 1 nitrogen and oxygen atoms in total. The van der Waals surface area contributed by atoms with Gasteiger partial charge in [0.25, 0.3) is 0 Å². The Morgan fingerprint density at radius 3 is 2.22 bits per heavy atom. The van der Waals surface area contributed by atoms with Gasteiger partial charge in [-0.25, -0.2) is 0 Å². The van der Waals surface area contributed by atoms with Crippen LogP contribution in [0.5, 0.6) is 0 Å². The van der Waals surface area contributed by atoms with Crippen LogP contribution in [0.25, 0.3) is 0 Å². The zero-order valence-corrected chi connectivity index (χ0v) is 12.6. The van der Waals surface area contributed by atoms with Crippen LogP contribution in [0.2, 0.25) is 0 Å². The number of benzene rings is 1. The molecule has 0 radical (unpaired) electrons. The predicted molar refractivity (Wildman–Crippen MR) is 81.0 cm³/mol. The lowest BCUT2D eigenvalue weighted by Gasteiger charge is -2.24. The van der Waals surface area contributed by atoms with Crippen molar-refractivity contribution in [3.63, 3.8) is 0 Å². The van der Waals surface area contributed by atoms with Crippen molar-refractivity contribution in [1.82, 2.24) is 0 Å². The predicted octanol–water partition coefficient (Wildman–Crippen LogP) is 4.12. The Morgan fingerprint density at radius 1 is 1.00 bits per heavy atom. The van der Waals surface area contributed by atoms with Crippen molar-refractivity contribution < 1.29 is 0 Å². The minimum absolute atomic E-state index is 0.366. The smallest absolute Gasteiger partial charge is 0.00722 e. The molecule has 0 aliphatic rings. The molecule has 0 heterocycles. The first-order valence-electron chi connectivity index (χ1n) is 7.33. The summed E-state index contributed by atoms with van der Waals surface area (Å²) in [5, 5.41) is 0. The zero-order chi connectivity index (χ0) is 13.6. The van der Waals surface area contributed by atoms with E-state index in [1.165, 1.54) is 29.5 Å². The van der Waals surface area contributed by atoms with Gasteiger partial charge in [0.2, 0.25) is 0 Å². The van der Waals surface area contributed by atoms with E-state index < -0.39 is 0 Å². The third kappa shape index (κ3) is 4.45. The maximum absolute atomic E-state index is 5.67. The fraction of sp³-hybridized carbons (Fsp3) is 0.647. The molecule has 0 amide bonds. The van der Waals surface area contributed by atoms with Crippen LogP contribution in [-0.4, -0.2) is 6.54 Å². The molecule has 0 saturated carbocycles. The van der Waals surface area contributed by atoms with E-state index in [-0.39, 0.29) is 0 Å². The number of rotatable bonds is 7. The Labute approximate surface area is 113 Å². The third-order valence-electron chi connectivity index (χ3n) is 3.94. The molecule has 0 aliphatic heterocycles. The molecule has 0 unspecified atom stereocenters. The summed E-state index contributed by atoms with van der Waals surface area (Å²) in [6, 6.07) is 7.01. The monoisotopic (exact) mass is 247 g/mol. The minimum Gasteiger partial charge on any atom is -0.330 e. The average Bonchev–Trinajstić information content (AvgIpc) is 2.36. The molecule has 2 N–H and O–H groups in total. The molecule has 0 aliphatic carbocycles. The summed E-state index contributed by atoms with van der Waals surface area (Å²) < 4.78 is 0. The quantitative estimate of drug-likeness (QED) is 0.770. The molecule has 0 bridgehead atoms. The maximum Gasteiger partial charge on any atom is -0.00722 e. The summed E-state index contributed by atoms with van der Waals surface area (Å²) in [6.07, 6.45) is 5.79. The Bertz CT molecular complexity index is 366. The van der Waals surface area contributed by atoms with Crippen molar-refractivity contribution in [1.29, 1.82) is 0 Å². The zero-order valence-electron chi connectivity index (χ0n) is 12.6. The van der Waals surface area contributed by atoms with Crippen molar-refractivity contribution in [2.45, 2.75) is 59.8 Å². The van der Waals surface area contributed by atoms with Gasteiger partial charge in [0.1, 0.15) is 0 Å². The van der Waals surface area contributed by atoms with E-state index in [9.17, 15) is 0 Å². The second kappa shape index (κ2) is 6.94. The van der Waals surface area contributed by atoms with E-state index in [4.69, 9.17) is 5.73 Å². The Kier molecular flexibility index (Phi) is 5.87. The summed E-state index contributed by atoms with van der Waals surface area (Å²) in [6.45, 7) is 9.92. The lowest BCUT2D eigenvalue weighted by Crippen LogP contribution is -2.17. The van der Waals surface area contributed by atoms with Gasteiger partial charge in [-0.05, 0) is 60.8 Å². The summed E-state index contributed by atoms with van der Waals surface area (Å²) in [5.74, 6) is 0. The standard InChI is InChI=1S/C17H29N/c1-5-15-8-7-14(13-16(15)6-2)9-10-17(3,4)11-12-18/h7-8,13H,5-6,9-12,18H2,1-4H3. The van der Waals surface area contributed by atoms with Crippen LogP contribution in [0, 0.1) is 5.41 Å². The molecule has 1 rings (SSSR count). The van der Waals surface area contributed by atoms with Crippen molar-refractivity contribution >= 4 is 0 Å². The summed E-state index contributed by atoms with van der Waals surface area (Å²) in [7, 11) is 0. The number of nitrogens with two attached hydrogens (primary N) is 1. The normalized spacial score (nSPS) is 11.8. The van der Waals surface area contributed by atoms with Crippen molar-refractivity contribution in [2.75, 3.05) is 6.54 Å². The largest absolute Gasteiger partial charge is 0.330 e. The minimum atomic E-state index is 0.366. The Balaban J connectivity index is 2.68. The topological polar surface area (TPSA) is 26.0 Å².